The number of benzene rings is 2. The van der Waals surface area contributed by atoms with E-state index in [0.717, 1.165) is 4.47 Å². The Morgan fingerprint density at radius 3 is 2.64 bits per heavy atom. The number of halogens is 1. The zero-order valence-electron chi connectivity index (χ0n) is 13.0. The van der Waals surface area contributed by atoms with E-state index < -0.39 is 0 Å². The summed E-state index contributed by atoms with van der Waals surface area (Å²) in [5.41, 5.74) is 8.70. The van der Waals surface area contributed by atoms with Crippen LogP contribution < -0.4 is 0 Å². The molecule has 2 aromatic carbocycles. The van der Waals surface area contributed by atoms with Crippen LogP contribution in [0.5, 0.6) is 0 Å². The molecule has 22 heavy (non-hydrogen) atoms. The molecular formula is C21H19Br. The van der Waals surface area contributed by atoms with Crippen molar-refractivity contribution in [1.82, 2.24) is 0 Å². The highest BCUT2D eigenvalue weighted by atomic mass is 79.9. The van der Waals surface area contributed by atoms with Crippen molar-refractivity contribution >= 4 is 21.5 Å². The Kier molecular flexibility index (Phi) is 3.16. The van der Waals surface area contributed by atoms with Gasteiger partial charge in [-0.05, 0) is 58.9 Å². The fourth-order valence-electron chi connectivity index (χ4n) is 3.87. The second-order valence-corrected chi connectivity index (χ2v) is 7.64. The maximum absolute atomic E-state index is 3.58. The van der Waals surface area contributed by atoms with Crippen LogP contribution in [0.2, 0.25) is 0 Å². The van der Waals surface area contributed by atoms with Crippen molar-refractivity contribution in [3.05, 3.63) is 75.8 Å². The van der Waals surface area contributed by atoms with Crippen LogP contribution >= 0.6 is 15.9 Å². The molecule has 0 heterocycles. The number of hydrogen-bond donors (Lipinski definition) is 0. The van der Waals surface area contributed by atoms with Gasteiger partial charge in [-0.15, -0.1) is 0 Å². The van der Waals surface area contributed by atoms with E-state index in [1.165, 1.54) is 40.7 Å². The predicted octanol–water partition coefficient (Wildman–Crippen LogP) is 6.51. The van der Waals surface area contributed by atoms with Gasteiger partial charge in [-0.25, -0.2) is 0 Å². The third-order valence-electron chi connectivity index (χ3n) is 5.07. The van der Waals surface area contributed by atoms with Crippen molar-refractivity contribution < 1.29 is 0 Å². The molecule has 0 fully saturated rings. The average Bonchev–Trinajstić information content (AvgIpc) is 2.76. The minimum atomic E-state index is 0.150. The van der Waals surface area contributed by atoms with Crippen LogP contribution in [0.1, 0.15) is 37.8 Å². The van der Waals surface area contributed by atoms with E-state index in [-0.39, 0.29) is 5.41 Å². The number of hydrogen-bond acceptors (Lipinski definition) is 0. The molecule has 0 atom stereocenters. The molecule has 0 unspecified atom stereocenters. The highest BCUT2D eigenvalue weighted by Crippen LogP contribution is 2.50. The summed E-state index contributed by atoms with van der Waals surface area (Å²) in [6.45, 7) is 4.75. The molecule has 0 nitrogen and oxygen atoms in total. The van der Waals surface area contributed by atoms with E-state index in [0.29, 0.717) is 0 Å². The second-order valence-electron chi connectivity index (χ2n) is 6.73. The molecular weight excluding hydrogens is 332 g/mol. The van der Waals surface area contributed by atoms with Crippen LogP contribution in [-0.2, 0) is 5.41 Å². The van der Waals surface area contributed by atoms with Gasteiger partial charge in [0.05, 0.1) is 0 Å². The van der Waals surface area contributed by atoms with Crippen molar-refractivity contribution in [3.8, 4) is 11.1 Å². The van der Waals surface area contributed by atoms with Crippen molar-refractivity contribution in [2.75, 3.05) is 0 Å². The Balaban J connectivity index is 1.87. The van der Waals surface area contributed by atoms with E-state index >= 15 is 0 Å². The van der Waals surface area contributed by atoms with Gasteiger partial charge in [-0.2, -0.15) is 0 Å². The lowest BCUT2D eigenvalue weighted by atomic mass is 9.78. The van der Waals surface area contributed by atoms with E-state index in [2.05, 4.69) is 84.4 Å². The van der Waals surface area contributed by atoms with Gasteiger partial charge in [0, 0.05) is 9.89 Å². The molecule has 0 amide bonds. The third-order valence-corrected chi connectivity index (χ3v) is 5.56. The maximum Gasteiger partial charge on any atom is 0.0181 e. The molecule has 0 spiro atoms. The van der Waals surface area contributed by atoms with Crippen LogP contribution in [-0.4, -0.2) is 0 Å². The smallest absolute Gasteiger partial charge is 0.0181 e. The van der Waals surface area contributed by atoms with E-state index in [1.54, 1.807) is 5.57 Å². The summed E-state index contributed by atoms with van der Waals surface area (Å²) in [6, 6.07) is 15.5. The fourth-order valence-corrected chi connectivity index (χ4v) is 4.27. The minimum absolute atomic E-state index is 0.150. The van der Waals surface area contributed by atoms with E-state index in [4.69, 9.17) is 0 Å². The predicted molar refractivity (Wildman–Crippen MR) is 97.9 cm³/mol. The van der Waals surface area contributed by atoms with Gasteiger partial charge in [0.1, 0.15) is 0 Å². The van der Waals surface area contributed by atoms with Gasteiger partial charge in [-0.3, -0.25) is 0 Å². The molecule has 0 saturated heterocycles. The van der Waals surface area contributed by atoms with Crippen LogP contribution in [0.15, 0.2) is 64.7 Å². The Morgan fingerprint density at radius 2 is 1.82 bits per heavy atom. The lowest BCUT2D eigenvalue weighted by Gasteiger charge is -2.26. The van der Waals surface area contributed by atoms with E-state index in [1.807, 2.05) is 0 Å². The fraction of sp³-hybridized carbons (Fsp3) is 0.238. The van der Waals surface area contributed by atoms with Crippen LogP contribution in [0.3, 0.4) is 0 Å². The highest BCUT2D eigenvalue weighted by molar-refractivity contribution is 9.10. The Labute approximate surface area is 140 Å². The van der Waals surface area contributed by atoms with Crippen LogP contribution in [0.4, 0.5) is 0 Å². The summed E-state index contributed by atoms with van der Waals surface area (Å²) in [7, 11) is 0. The summed E-state index contributed by atoms with van der Waals surface area (Å²) in [4.78, 5) is 0. The molecule has 4 rings (SSSR count). The largest absolute Gasteiger partial charge is 0.0836 e. The first-order valence-corrected chi connectivity index (χ1v) is 8.68. The van der Waals surface area contributed by atoms with Gasteiger partial charge in [-0.1, -0.05) is 71.8 Å². The Morgan fingerprint density at radius 1 is 1.00 bits per heavy atom. The molecule has 0 saturated carbocycles. The van der Waals surface area contributed by atoms with E-state index in [9.17, 15) is 0 Å². The first kappa shape index (κ1) is 14.0. The molecule has 2 aliphatic carbocycles. The van der Waals surface area contributed by atoms with Crippen LogP contribution in [0.25, 0.3) is 16.7 Å². The molecule has 0 radical (unpaired) electrons. The van der Waals surface area contributed by atoms with Gasteiger partial charge < -0.3 is 0 Å². The first-order chi connectivity index (χ1) is 10.6. The monoisotopic (exact) mass is 350 g/mol. The second kappa shape index (κ2) is 4.96. The highest BCUT2D eigenvalue weighted by Gasteiger charge is 2.37. The van der Waals surface area contributed by atoms with Gasteiger partial charge in [0.15, 0.2) is 0 Å². The third kappa shape index (κ3) is 2.03. The quantitative estimate of drug-likeness (QED) is 0.549. The average molecular weight is 351 g/mol. The molecule has 1 heteroatoms. The SMILES string of the molecule is CC1(C)C2=C(C=CCC2)c2ccc(-c3cccc(Br)c3)cc21. The summed E-state index contributed by atoms with van der Waals surface area (Å²) >= 11 is 3.58. The number of rotatable bonds is 1. The van der Waals surface area contributed by atoms with Crippen molar-refractivity contribution in [2.45, 2.75) is 32.1 Å². The molecule has 0 bridgehead atoms. The summed E-state index contributed by atoms with van der Waals surface area (Å²) in [5.74, 6) is 0. The Hall–Kier alpha value is -1.60. The van der Waals surface area contributed by atoms with Crippen molar-refractivity contribution in [2.24, 2.45) is 0 Å². The summed E-state index contributed by atoms with van der Waals surface area (Å²) in [5, 5.41) is 0. The molecule has 110 valence electrons. The summed E-state index contributed by atoms with van der Waals surface area (Å²) in [6.07, 6.45) is 7.01. The Bertz CT molecular complexity index is 822. The number of fused-ring (bicyclic) bond motifs is 2. The van der Waals surface area contributed by atoms with Crippen molar-refractivity contribution in [1.29, 1.82) is 0 Å². The lowest BCUT2D eigenvalue weighted by Crippen LogP contribution is -2.17. The molecule has 2 aromatic rings. The summed E-state index contributed by atoms with van der Waals surface area (Å²) < 4.78 is 1.13. The van der Waals surface area contributed by atoms with Gasteiger partial charge in [0.25, 0.3) is 0 Å². The first-order valence-electron chi connectivity index (χ1n) is 7.88. The van der Waals surface area contributed by atoms with Crippen LogP contribution in [0, 0.1) is 0 Å². The van der Waals surface area contributed by atoms with Gasteiger partial charge in [0.2, 0.25) is 0 Å². The standard InChI is InChI=1S/C21H19Br/c1-21(2)19-9-4-3-8-17(19)18-11-10-15(13-20(18)21)14-6-5-7-16(22)12-14/h3,5-8,10-13H,4,9H2,1-2H3. The zero-order valence-corrected chi connectivity index (χ0v) is 14.6. The number of allylic oxidation sites excluding steroid dienone is 4. The molecule has 0 aliphatic heterocycles. The lowest BCUT2D eigenvalue weighted by molar-refractivity contribution is 0.607. The normalized spacial score (nSPS) is 18.3. The zero-order chi connectivity index (χ0) is 15.3. The molecule has 2 aliphatic rings. The van der Waals surface area contributed by atoms with Crippen molar-refractivity contribution in [3.63, 3.8) is 0 Å². The topological polar surface area (TPSA) is 0 Å². The molecule has 0 aromatic heterocycles. The molecule has 0 N–H and O–H groups in total. The van der Waals surface area contributed by atoms with Gasteiger partial charge >= 0.3 is 0 Å². The maximum atomic E-state index is 3.58. The minimum Gasteiger partial charge on any atom is -0.0836 e.